The Labute approximate surface area is 238 Å². The molecule has 3 aromatic carbocycles. The summed E-state index contributed by atoms with van der Waals surface area (Å²) in [6.07, 6.45) is 1.65. The number of sulfonamides is 1. The molecule has 0 spiro atoms. The summed E-state index contributed by atoms with van der Waals surface area (Å²) < 4.78 is 43.9. The molecule has 3 rings (SSSR count). The molecule has 2 amide bonds. The molecule has 3 aromatic rings. The lowest BCUT2D eigenvalue weighted by atomic mass is 10.1. The van der Waals surface area contributed by atoms with E-state index in [0.29, 0.717) is 6.54 Å². The van der Waals surface area contributed by atoms with E-state index in [9.17, 15) is 22.4 Å². The van der Waals surface area contributed by atoms with Crippen LogP contribution in [0.1, 0.15) is 37.8 Å². The Balaban J connectivity index is 2.00. The summed E-state index contributed by atoms with van der Waals surface area (Å²) in [6.45, 7) is 5.05. The van der Waals surface area contributed by atoms with Gasteiger partial charge in [0, 0.05) is 23.1 Å². The van der Waals surface area contributed by atoms with Gasteiger partial charge in [-0.1, -0.05) is 65.2 Å². The normalized spacial score (nSPS) is 12.0. The molecular formula is C29H33BrFN3O4S. The van der Waals surface area contributed by atoms with Crippen LogP contribution in [-0.2, 0) is 26.2 Å². The van der Waals surface area contributed by atoms with E-state index < -0.39 is 40.2 Å². The van der Waals surface area contributed by atoms with Crippen LogP contribution in [0.2, 0.25) is 0 Å². The molecule has 208 valence electrons. The fourth-order valence-corrected chi connectivity index (χ4v) is 5.58. The van der Waals surface area contributed by atoms with Crippen molar-refractivity contribution in [3.05, 3.63) is 94.2 Å². The van der Waals surface area contributed by atoms with Gasteiger partial charge in [-0.25, -0.2) is 12.8 Å². The van der Waals surface area contributed by atoms with Gasteiger partial charge in [0.1, 0.15) is 18.4 Å². The summed E-state index contributed by atoms with van der Waals surface area (Å²) in [4.78, 5) is 28.0. The highest BCUT2D eigenvalue weighted by Gasteiger charge is 2.32. The van der Waals surface area contributed by atoms with E-state index in [0.717, 1.165) is 27.2 Å². The standard InChI is InChI=1S/C29H33BrFN3O4S/c1-4-5-18-32-29(36)22(3)33(19-23-8-6-7-9-27(23)31)28(35)20-34(25-14-12-24(30)13-15-25)39(37,38)26-16-10-21(2)11-17-26/h6-17,22H,4-5,18-20H2,1-3H3,(H,32,36). The minimum atomic E-state index is -4.16. The molecule has 0 heterocycles. The number of carbonyl (C=O) groups excluding carboxylic acids is 2. The molecule has 0 aliphatic rings. The van der Waals surface area contributed by atoms with Crippen LogP contribution in [0.15, 0.2) is 82.2 Å². The number of nitrogens with zero attached hydrogens (tertiary/aromatic N) is 2. The van der Waals surface area contributed by atoms with E-state index in [-0.39, 0.29) is 22.7 Å². The van der Waals surface area contributed by atoms with E-state index in [4.69, 9.17) is 0 Å². The number of benzene rings is 3. The van der Waals surface area contributed by atoms with Gasteiger partial charge in [0.05, 0.1) is 10.6 Å². The van der Waals surface area contributed by atoms with E-state index in [1.54, 1.807) is 49.4 Å². The van der Waals surface area contributed by atoms with E-state index in [2.05, 4.69) is 21.2 Å². The summed E-state index contributed by atoms with van der Waals surface area (Å²) >= 11 is 3.35. The number of carbonyl (C=O) groups is 2. The second kappa shape index (κ2) is 13.7. The zero-order valence-electron chi connectivity index (χ0n) is 22.2. The molecule has 0 radical (unpaired) electrons. The van der Waals surface area contributed by atoms with Gasteiger partial charge in [-0.2, -0.15) is 0 Å². The fourth-order valence-electron chi connectivity index (χ4n) is 3.90. The monoisotopic (exact) mass is 617 g/mol. The van der Waals surface area contributed by atoms with Crippen molar-refractivity contribution >= 4 is 43.5 Å². The predicted molar refractivity (Wildman–Crippen MR) is 154 cm³/mol. The van der Waals surface area contributed by atoms with Crippen LogP contribution >= 0.6 is 15.9 Å². The first-order valence-corrected chi connectivity index (χ1v) is 14.9. The Morgan fingerprint density at radius 2 is 1.64 bits per heavy atom. The maximum Gasteiger partial charge on any atom is 0.264 e. The van der Waals surface area contributed by atoms with Crippen molar-refractivity contribution in [2.45, 2.75) is 51.1 Å². The first-order chi connectivity index (χ1) is 18.5. The third-order valence-corrected chi connectivity index (χ3v) is 8.61. The summed E-state index contributed by atoms with van der Waals surface area (Å²) in [5.41, 5.74) is 1.38. The molecule has 0 saturated heterocycles. The summed E-state index contributed by atoms with van der Waals surface area (Å²) in [5.74, 6) is -1.56. The molecular weight excluding hydrogens is 585 g/mol. The van der Waals surface area contributed by atoms with Crippen LogP contribution < -0.4 is 9.62 Å². The van der Waals surface area contributed by atoms with E-state index in [1.807, 2.05) is 13.8 Å². The SMILES string of the molecule is CCCCNC(=O)C(C)N(Cc1ccccc1F)C(=O)CN(c1ccc(Br)cc1)S(=O)(=O)c1ccc(C)cc1. The lowest BCUT2D eigenvalue weighted by Gasteiger charge is -2.32. The zero-order valence-corrected chi connectivity index (χ0v) is 24.6. The van der Waals surface area contributed by atoms with Crippen LogP contribution in [0.5, 0.6) is 0 Å². The number of halogens is 2. The van der Waals surface area contributed by atoms with Crippen LogP contribution in [0.4, 0.5) is 10.1 Å². The number of anilines is 1. The van der Waals surface area contributed by atoms with Gasteiger partial charge in [0.25, 0.3) is 10.0 Å². The number of nitrogens with one attached hydrogen (secondary N) is 1. The second-order valence-electron chi connectivity index (χ2n) is 9.23. The maximum atomic E-state index is 14.6. The Kier molecular flexibility index (Phi) is 10.7. The van der Waals surface area contributed by atoms with Crippen molar-refractivity contribution in [3.63, 3.8) is 0 Å². The summed E-state index contributed by atoms with van der Waals surface area (Å²) in [6, 6.07) is 17.9. The van der Waals surface area contributed by atoms with Gasteiger partial charge in [-0.3, -0.25) is 13.9 Å². The van der Waals surface area contributed by atoms with Crippen LogP contribution in [0.25, 0.3) is 0 Å². The zero-order chi connectivity index (χ0) is 28.6. The van der Waals surface area contributed by atoms with Crippen LogP contribution in [0.3, 0.4) is 0 Å². The highest BCUT2D eigenvalue weighted by molar-refractivity contribution is 9.10. The van der Waals surface area contributed by atoms with Gasteiger partial charge in [-0.05, 0) is 62.7 Å². The molecule has 0 aliphatic heterocycles. The lowest BCUT2D eigenvalue weighted by Crippen LogP contribution is -2.51. The Hall–Kier alpha value is -3.24. The number of aryl methyl sites for hydroxylation is 1. The number of amides is 2. The molecule has 0 saturated carbocycles. The molecule has 0 fully saturated rings. The predicted octanol–water partition coefficient (Wildman–Crippen LogP) is 5.43. The maximum absolute atomic E-state index is 14.6. The fraction of sp³-hybridized carbons (Fsp3) is 0.310. The third-order valence-electron chi connectivity index (χ3n) is 6.30. The quantitative estimate of drug-likeness (QED) is 0.275. The smallest absolute Gasteiger partial charge is 0.264 e. The minimum absolute atomic E-state index is 0.0230. The number of unbranched alkanes of at least 4 members (excludes halogenated alkanes) is 1. The van der Waals surface area contributed by atoms with Crippen molar-refractivity contribution in [2.24, 2.45) is 0 Å². The van der Waals surface area contributed by atoms with Crippen LogP contribution in [-0.4, -0.2) is 44.3 Å². The van der Waals surface area contributed by atoms with Crippen molar-refractivity contribution in [3.8, 4) is 0 Å². The molecule has 0 aromatic heterocycles. The second-order valence-corrected chi connectivity index (χ2v) is 12.0. The minimum Gasteiger partial charge on any atom is -0.354 e. The Bertz CT molecular complexity index is 1380. The van der Waals surface area contributed by atoms with E-state index >= 15 is 0 Å². The van der Waals surface area contributed by atoms with Crippen molar-refractivity contribution in [1.82, 2.24) is 10.2 Å². The number of rotatable bonds is 12. The summed E-state index contributed by atoms with van der Waals surface area (Å²) in [5, 5.41) is 2.81. The molecule has 1 N–H and O–H groups in total. The topological polar surface area (TPSA) is 86.8 Å². The average Bonchev–Trinajstić information content (AvgIpc) is 2.91. The highest BCUT2D eigenvalue weighted by atomic mass is 79.9. The third kappa shape index (κ3) is 7.89. The Morgan fingerprint density at radius 3 is 2.26 bits per heavy atom. The van der Waals surface area contributed by atoms with Crippen LogP contribution in [0, 0.1) is 12.7 Å². The van der Waals surface area contributed by atoms with Gasteiger partial charge in [0.15, 0.2) is 0 Å². The average molecular weight is 619 g/mol. The molecule has 0 aliphatic carbocycles. The van der Waals surface area contributed by atoms with Crippen molar-refractivity contribution < 1.29 is 22.4 Å². The van der Waals surface area contributed by atoms with Gasteiger partial charge < -0.3 is 10.2 Å². The molecule has 1 unspecified atom stereocenters. The van der Waals surface area contributed by atoms with Gasteiger partial charge >= 0.3 is 0 Å². The lowest BCUT2D eigenvalue weighted by molar-refractivity contribution is -0.139. The largest absolute Gasteiger partial charge is 0.354 e. The molecule has 0 bridgehead atoms. The molecule has 1 atom stereocenters. The highest BCUT2D eigenvalue weighted by Crippen LogP contribution is 2.26. The molecule has 39 heavy (non-hydrogen) atoms. The van der Waals surface area contributed by atoms with Gasteiger partial charge in [-0.15, -0.1) is 0 Å². The first-order valence-electron chi connectivity index (χ1n) is 12.7. The van der Waals surface area contributed by atoms with Crippen molar-refractivity contribution in [1.29, 1.82) is 0 Å². The summed E-state index contributed by atoms with van der Waals surface area (Å²) in [7, 11) is -4.16. The van der Waals surface area contributed by atoms with E-state index in [1.165, 1.54) is 35.2 Å². The van der Waals surface area contributed by atoms with Crippen molar-refractivity contribution in [2.75, 3.05) is 17.4 Å². The van der Waals surface area contributed by atoms with Gasteiger partial charge in [0.2, 0.25) is 11.8 Å². The first kappa shape index (κ1) is 30.3. The number of hydrogen-bond acceptors (Lipinski definition) is 4. The number of hydrogen-bond donors (Lipinski definition) is 1. The molecule has 10 heteroatoms. The molecule has 7 nitrogen and oxygen atoms in total. The Morgan fingerprint density at radius 1 is 1.00 bits per heavy atom.